The largest absolute Gasteiger partial charge is 0.436 e. The van der Waals surface area contributed by atoms with Crippen LogP contribution in [0.15, 0.2) is 47.4 Å². The van der Waals surface area contributed by atoms with Crippen molar-refractivity contribution in [3.8, 4) is 0 Å². The van der Waals surface area contributed by atoms with Crippen LogP contribution in [0.4, 0.5) is 28.0 Å². The average molecular weight is 609 g/mol. The smallest absolute Gasteiger partial charge is 0.410 e. The first kappa shape index (κ1) is 32.8. The summed E-state index contributed by atoms with van der Waals surface area (Å²) in [4.78, 5) is 59.7. The topological polar surface area (TPSA) is 130 Å². The van der Waals surface area contributed by atoms with E-state index in [-0.39, 0.29) is 53.4 Å². The van der Waals surface area contributed by atoms with Crippen molar-refractivity contribution in [2.24, 2.45) is 0 Å². The molecule has 0 radical (unpaired) electrons. The standard InChI is InChI=1S/C28H32F4N6O5/c1-36(2)23(39)10-6-5-9-21(43-27(42)37(3)4)25(40)34-19-8-7-13-38(26(19)41)16-22-33-20-15-18(29)14-17(24(20)35-22)11-12-28(30,31)32/h6-8,10,13-15,21H,5,9,11-12,16H2,1-4H3,(H,33,35)(H,34,40)/b10-6+/t21-/m0/s1. The lowest BCUT2D eigenvalue weighted by Gasteiger charge is -2.19. The van der Waals surface area contributed by atoms with E-state index in [2.05, 4.69) is 15.3 Å². The van der Waals surface area contributed by atoms with E-state index in [1.807, 2.05) is 0 Å². The summed E-state index contributed by atoms with van der Waals surface area (Å²) < 4.78 is 58.8. The van der Waals surface area contributed by atoms with E-state index >= 15 is 0 Å². The van der Waals surface area contributed by atoms with Gasteiger partial charge in [0.1, 0.15) is 17.3 Å². The second-order valence-corrected chi connectivity index (χ2v) is 10.1. The number of nitrogens with one attached hydrogen (secondary N) is 2. The van der Waals surface area contributed by atoms with Gasteiger partial charge in [0.15, 0.2) is 6.10 Å². The molecular weight excluding hydrogens is 576 g/mol. The predicted molar refractivity (Wildman–Crippen MR) is 150 cm³/mol. The Bertz CT molecular complexity index is 1560. The van der Waals surface area contributed by atoms with Crippen LogP contribution in [-0.4, -0.2) is 82.7 Å². The summed E-state index contributed by atoms with van der Waals surface area (Å²) in [6, 6.07) is 4.92. The molecule has 3 rings (SSSR count). The van der Waals surface area contributed by atoms with E-state index in [0.717, 1.165) is 17.0 Å². The maximum absolute atomic E-state index is 14.1. The van der Waals surface area contributed by atoms with Crippen LogP contribution in [0.2, 0.25) is 0 Å². The van der Waals surface area contributed by atoms with Gasteiger partial charge in [0.05, 0.1) is 17.6 Å². The Morgan fingerprint density at radius 1 is 1.16 bits per heavy atom. The van der Waals surface area contributed by atoms with E-state index in [0.29, 0.717) is 0 Å². The number of hydrogen-bond acceptors (Lipinski definition) is 6. The first-order valence-corrected chi connectivity index (χ1v) is 13.1. The number of benzene rings is 1. The zero-order valence-corrected chi connectivity index (χ0v) is 24.0. The number of amides is 3. The summed E-state index contributed by atoms with van der Waals surface area (Å²) in [7, 11) is 6.04. The molecule has 0 aliphatic carbocycles. The minimum absolute atomic E-state index is 0.0237. The Hall–Kier alpha value is -4.69. The molecule has 15 heteroatoms. The molecule has 0 bridgehead atoms. The van der Waals surface area contributed by atoms with Crippen LogP contribution in [0, 0.1) is 5.82 Å². The molecule has 11 nitrogen and oxygen atoms in total. The lowest BCUT2D eigenvalue weighted by Crippen LogP contribution is -2.37. The van der Waals surface area contributed by atoms with Crippen LogP contribution in [0.3, 0.4) is 0 Å². The number of aryl methyl sites for hydroxylation is 1. The fraction of sp³-hybridized carbons (Fsp3) is 0.393. The van der Waals surface area contributed by atoms with Gasteiger partial charge in [0.2, 0.25) is 5.91 Å². The summed E-state index contributed by atoms with van der Waals surface area (Å²) in [6.07, 6.45) is -3.61. The highest BCUT2D eigenvalue weighted by molar-refractivity contribution is 5.95. The van der Waals surface area contributed by atoms with Gasteiger partial charge in [0, 0.05) is 40.8 Å². The molecule has 3 amide bonds. The second kappa shape index (κ2) is 14.0. The van der Waals surface area contributed by atoms with E-state index in [1.165, 1.54) is 54.0 Å². The molecule has 0 fully saturated rings. The number of fused-ring (bicyclic) bond motifs is 1. The highest BCUT2D eigenvalue weighted by atomic mass is 19.4. The fourth-order valence-electron chi connectivity index (χ4n) is 3.93. The molecule has 43 heavy (non-hydrogen) atoms. The molecule has 0 saturated heterocycles. The van der Waals surface area contributed by atoms with Crippen LogP contribution in [0.1, 0.15) is 30.7 Å². The number of allylic oxidation sites excluding steroid dienone is 1. The first-order valence-electron chi connectivity index (χ1n) is 13.1. The van der Waals surface area contributed by atoms with Crippen molar-refractivity contribution in [3.63, 3.8) is 0 Å². The summed E-state index contributed by atoms with van der Waals surface area (Å²) >= 11 is 0. The Labute approximate surface area is 244 Å². The molecular formula is C28H32F4N6O5. The quantitative estimate of drug-likeness (QED) is 0.252. The SMILES string of the molecule is CN(C)C(=O)/C=C/CC[C@H](OC(=O)N(C)C)C(=O)Nc1cccn(Cc2nc3c(CCC(F)(F)F)cc(F)cc3[nH]2)c1=O. The third kappa shape index (κ3) is 9.41. The number of alkyl halides is 3. The minimum atomic E-state index is -4.43. The minimum Gasteiger partial charge on any atom is -0.436 e. The van der Waals surface area contributed by atoms with Gasteiger partial charge in [-0.15, -0.1) is 0 Å². The number of likely N-dealkylation sites (N-methyl/N-ethyl adjacent to an activating group) is 1. The van der Waals surface area contributed by atoms with Crippen LogP contribution < -0.4 is 10.9 Å². The second-order valence-electron chi connectivity index (χ2n) is 10.1. The average Bonchev–Trinajstić information content (AvgIpc) is 3.32. The number of nitrogens with zero attached hydrogens (tertiary/aromatic N) is 4. The zero-order chi connectivity index (χ0) is 31.9. The summed E-state index contributed by atoms with van der Waals surface area (Å²) in [5.74, 6) is -1.59. The van der Waals surface area contributed by atoms with Gasteiger partial charge < -0.3 is 29.4 Å². The summed E-state index contributed by atoms with van der Waals surface area (Å²) in [5, 5.41) is 2.47. The van der Waals surface area contributed by atoms with Crippen molar-refractivity contribution in [2.75, 3.05) is 33.5 Å². The number of hydrogen-bond donors (Lipinski definition) is 2. The number of imidazole rings is 1. The molecule has 2 N–H and O–H groups in total. The van der Waals surface area contributed by atoms with Crippen molar-refractivity contribution in [1.82, 2.24) is 24.3 Å². The van der Waals surface area contributed by atoms with Gasteiger partial charge in [-0.1, -0.05) is 6.08 Å². The molecule has 1 aromatic carbocycles. The number of anilines is 1. The van der Waals surface area contributed by atoms with E-state index in [4.69, 9.17) is 4.74 Å². The Balaban J connectivity index is 1.79. The lowest BCUT2D eigenvalue weighted by atomic mass is 10.1. The molecule has 0 unspecified atom stereocenters. The number of ether oxygens (including phenoxy) is 1. The number of carbonyl (C=O) groups excluding carboxylic acids is 3. The van der Waals surface area contributed by atoms with Crippen molar-refractivity contribution in [3.05, 3.63) is 70.2 Å². The highest BCUT2D eigenvalue weighted by Gasteiger charge is 2.28. The maximum Gasteiger partial charge on any atom is 0.410 e. The summed E-state index contributed by atoms with van der Waals surface area (Å²) in [6.45, 7) is -0.165. The van der Waals surface area contributed by atoms with Gasteiger partial charge >= 0.3 is 12.3 Å². The van der Waals surface area contributed by atoms with Crippen molar-refractivity contribution in [2.45, 2.75) is 44.5 Å². The molecule has 0 aliphatic heterocycles. The monoisotopic (exact) mass is 608 g/mol. The molecule has 2 heterocycles. The number of rotatable bonds is 11. The van der Waals surface area contributed by atoms with E-state index in [1.54, 1.807) is 14.1 Å². The molecule has 3 aromatic rings. The van der Waals surface area contributed by atoms with Gasteiger partial charge in [0.25, 0.3) is 11.5 Å². The van der Waals surface area contributed by atoms with Gasteiger partial charge in [-0.2, -0.15) is 13.2 Å². The number of aromatic nitrogens is 3. The van der Waals surface area contributed by atoms with Crippen LogP contribution in [-0.2, 0) is 27.3 Å². The number of pyridine rings is 1. The first-order chi connectivity index (χ1) is 20.1. The third-order valence-corrected chi connectivity index (χ3v) is 6.15. The Morgan fingerprint density at radius 2 is 1.88 bits per heavy atom. The summed E-state index contributed by atoms with van der Waals surface area (Å²) in [5.41, 5.74) is -0.372. The maximum atomic E-state index is 14.1. The number of H-pyrrole nitrogens is 1. The molecule has 0 aliphatic rings. The van der Waals surface area contributed by atoms with E-state index < -0.39 is 48.5 Å². The zero-order valence-electron chi connectivity index (χ0n) is 24.0. The van der Waals surface area contributed by atoms with Crippen molar-refractivity contribution < 1.29 is 36.7 Å². The molecule has 0 saturated carbocycles. The predicted octanol–water partition coefficient (Wildman–Crippen LogP) is 3.84. The Morgan fingerprint density at radius 3 is 2.53 bits per heavy atom. The molecule has 0 spiro atoms. The molecule has 2 aromatic heterocycles. The van der Waals surface area contributed by atoms with Crippen molar-refractivity contribution in [1.29, 1.82) is 0 Å². The number of carbonyl (C=O) groups is 3. The molecule has 232 valence electrons. The molecule has 1 atom stereocenters. The Kier molecular flexibility index (Phi) is 10.7. The van der Waals surface area contributed by atoms with Crippen molar-refractivity contribution >= 4 is 34.6 Å². The van der Waals surface area contributed by atoms with Crippen LogP contribution in [0.5, 0.6) is 0 Å². The van der Waals surface area contributed by atoms with Crippen LogP contribution in [0.25, 0.3) is 11.0 Å². The van der Waals surface area contributed by atoms with Gasteiger partial charge in [-0.3, -0.25) is 14.4 Å². The highest BCUT2D eigenvalue weighted by Crippen LogP contribution is 2.26. The number of halogens is 4. The lowest BCUT2D eigenvalue weighted by molar-refractivity contribution is -0.134. The van der Waals surface area contributed by atoms with Crippen LogP contribution >= 0.6 is 0 Å². The van der Waals surface area contributed by atoms with Gasteiger partial charge in [-0.05, 0) is 55.2 Å². The third-order valence-electron chi connectivity index (χ3n) is 6.15. The fourth-order valence-corrected chi connectivity index (χ4v) is 3.93. The normalized spacial score (nSPS) is 12.4. The van der Waals surface area contributed by atoms with E-state index in [9.17, 15) is 36.7 Å². The number of aromatic amines is 1. The van der Waals surface area contributed by atoms with Gasteiger partial charge in [-0.25, -0.2) is 14.2 Å².